The van der Waals surface area contributed by atoms with Crippen LogP contribution in [0, 0.1) is 6.92 Å². The molecule has 0 spiro atoms. The van der Waals surface area contributed by atoms with Gasteiger partial charge in [-0.1, -0.05) is 29.8 Å². The van der Waals surface area contributed by atoms with E-state index in [9.17, 15) is 4.79 Å². The highest BCUT2D eigenvalue weighted by atomic mass is 35.5. The number of rotatable bonds is 2. The molecule has 0 atom stereocenters. The van der Waals surface area contributed by atoms with Gasteiger partial charge >= 0.3 is 0 Å². The molecule has 3 aliphatic rings. The first-order valence-electron chi connectivity index (χ1n) is 14.2. The predicted molar refractivity (Wildman–Crippen MR) is 159 cm³/mol. The van der Waals surface area contributed by atoms with Gasteiger partial charge in [-0.25, -0.2) is 4.98 Å². The van der Waals surface area contributed by atoms with Gasteiger partial charge in [0.1, 0.15) is 17.9 Å². The molecule has 6 bridgehead atoms. The van der Waals surface area contributed by atoms with Gasteiger partial charge in [-0.3, -0.25) is 0 Å². The minimum atomic E-state index is -0.161. The van der Waals surface area contributed by atoms with Gasteiger partial charge in [0.25, 0.3) is 0 Å². The smallest absolute Gasteiger partial charge is 0.158 e. The lowest BCUT2D eigenvalue weighted by molar-refractivity contribution is -0.107. The molecule has 40 heavy (non-hydrogen) atoms. The molecule has 2 aromatic heterocycles. The second kappa shape index (κ2) is 11.2. The van der Waals surface area contributed by atoms with Crippen LogP contribution >= 0.6 is 11.6 Å². The van der Waals surface area contributed by atoms with Crippen molar-refractivity contribution in [2.24, 2.45) is 0 Å². The molecule has 3 aliphatic heterocycles. The van der Waals surface area contributed by atoms with Crippen LogP contribution in [-0.4, -0.2) is 52.8 Å². The third-order valence-electron chi connectivity index (χ3n) is 8.20. The fourth-order valence-electron chi connectivity index (χ4n) is 5.84. The summed E-state index contributed by atoms with van der Waals surface area (Å²) in [6.07, 6.45) is 6.07. The molecule has 1 fully saturated rings. The number of carbonyl (C=O) groups excluding carboxylic acids is 1. The summed E-state index contributed by atoms with van der Waals surface area (Å²) in [5.74, 6) is 1.74. The molecule has 208 valence electrons. The summed E-state index contributed by atoms with van der Waals surface area (Å²) in [4.78, 5) is 18.9. The largest absolute Gasteiger partial charge is 0.493 e. The van der Waals surface area contributed by atoms with Gasteiger partial charge in [-0.2, -0.15) is 9.61 Å². The molecule has 0 amide bonds. The van der Waals surface area contributed by atoms with Crippen molar-refractivity contribution in [2.45, 2.75) is 58.0 Å². The van der Waals surface area contributed by atoms with Gasteiger partial charge in [0, 0.05) is 59.6 Å². The predicted octanol–water partition coefficient (Wildman–Crippen LogP) is 6.70. The van der Waals surface area contributed by atoms with E-state index < -0.39 is 0 Å². The number of benzene rings is 2. The van der Waals surface area contributed by atoms with Crippen molar-refractivity contribution < 1.29 is 14.3 Å². The van der Waals surface area contributed by atoms with Crippen LogP contribution in [0.2, 0.25) is 5.02 Å². The number of hydrogen-bond acceptors (Lipinski definition) is 6. The van der Waals surface area contributed by atoms with Crippen LogP contribution in [0.3, 0.4) is 0 Å². The second-order valence-corrected chi connectivity index (χ2v) is 11.5. The molecular weight excluding hydrogens is 524 g/mol. The Balaban J connectivity index is 1.48. The summed E-state index contributed by atoms with van der Waals surface area (Å²) >= 11 is 6.36. The number of anilines is 1. The lowest BCUT2D eigenvalue weighted by Crippen LogP contribution is -2.45. The van der Waals surface area contributed by atoms with Crippen molar-refractivity contribution >= 4 is 29.4 Å². The minimum absolute atomic E-state index is 0.161. The molecule has 8 heteroatoms. The number of hydrogen-bond donors (Lipinski definition) is 0. The lowest BCUT2D eigenvalue weighted by Gasteiger charge is -2.40. The Morgan fingerprint density at radius 1 is 1.02 bits per heavy atom. The maximum absolute atomic E-state index is 11.7. The van der Waals surface area contributed by atoms with E-state index in [-0.39, 0.29) is 5.60 Å². The average molecular weight is 559 g/mol. The average Bonchev–Trinajstić information content (AvgIpc) is 3.37. The van der Waals surface area contributed by atoms with Gasteiger partial charge in [-0.05, 0) is 75.8 Å². The number of carbonyl (C=O) groups is 1. The number of nitrogens with zero attached hydrogens (tertiary/aromatic N) is 4. The molecule has 0 aliphatic carbocycles. The Morgan fingerprint density at radius 3 is 2.65 bits per heavy atom. The van der Waals surface area contributed by atoms with Gasteiger partial charge in [-0.15, -0.1) is 0 Å². The highest BCUT2D eigenvalue weighted by Crippen LogP contribution is 2.37. The van der Waals surface area contributed by atoms with Gasteiger partial charge < -0.3 is 19.2 Å². The number of halogens is 1. The molecule has 0 radical (unpaired) electrons. The third-order valence-corrected chi connectivity index (χ3v) is 8.43. The Morgan fingerprint density at radius 2 is 1.82 bits per heavy atom. The molecule has 7 rings (SSSR count). The first-order chi connectivity index (χ1) is 19.4. The summed E-state index contributed by atoms with van der Waals surface area (Å²) in [5.41, 5.74) is 6.24. The molecule has 0 N–H and O–H groups in total. The summed E-state index contributed by atoms with van der Waals surface area (Å²) < 4.78 is 14.6. The molecule has 0 saturated carbocycles. The van der Waals surface area contributed by atoms with Crippen molar-refractivity contribution in [1.29, 1.82) is 0 Å². The maximum atomic E-state index is 11.7. The fourth-order valence-corrected chi connectivity index (χ4v) is 6.00. The number of aryl methyl sites for hydroxylation is 1. The van der Waals surface area contributed by atoms with E-state index in [4.69, 9.17) is 31.2 Å². The quantitative estimate of drug-likeness (QED) is 0.255. The van der Waals surface area contributed by atoms with Crippen LogP contribution in [0.25, 0.3) is 28.0 Å². The zero-order valence-electron chi connectivity index (χ0n) is 23.2. The maximum Gasteiger partial charge on any atom is 0.158 e. The number of fused-ring (bicyclic) bond motifs is 8. The van der Waals surface area contributed by atoms with E-state index in [1.807, 2.05) is 41.8 Å². The van der Waals surface area contributed by atoms with Crippen LogP contribution in [-0.2, 0) is 16.0 Å². The number of aldehydes is 1. The number of ether oxygens (including phenoxy) is 2. The topological polar surface area (TPSA) is 69.0 Å². The molecule has 0 unspecified atom stereocenters. The summed E-state index contributed by atoms with van der Waals surface area (Å²) in [5, 5.41) is 5.71. The Bertz CT molecular complexity index is 1540. The first-order valence-corrected chi connectivity index (χ1v) is 14.6. The van der Waals surface area contributed by atoms with Crippen molar-refractivity contribution in [3.05, 3.63) is 64.8 Å². The summed E-state index contributed by atoms with van der Waals surface area (Å²) in [7, 11) is 0. The zero-order chi connectivity index (χ0) is 27.7. The Kier molecular flexibility index (Phi) is 7.51. The van der Waals surface area contributed by atoms with E-state index in [0.29, 0.717) is 18.1 Å². The van der Waals surface area contributed by atoms with Crippen molar-refractivity contribution in [1.82, 2.24) is 14.6 Å². The molecule has 7 nitrogen and oxygen atoms in total. The summed E-state index contributed by atoms with van der Waals surface area (Å²) in [6.45, 7) is 7.23. The van der Waals surface area contributed by atoms with Crippen molar-refractivity contribution in [3.63, 3.8) is 0 Å². The number of aromatic nitrogens is 3. The molecule has 5 heterocycles. The standard InChI is InChI=1S/C32H35ClN4O3/c1-22-26(11-16-38)31-36-14-12-32(2,13-15-36)40-18-5-3-4-17-39-29-20-25(33)9-10-27(29)23-7-6-8-24(19-23)28-21-30(34-22)37(31)35-28/h6-10,16,19-21H,3-5,11-15,17-18H2,1-2H3. The van der Waals surface area contributed by atoms with Gasteiger partial charge in [0.05, 0.1) is 17.9 Å². The second-order valence-electron chi connectivity index (χ2n) is 11.1. The van der Waals surface area contributed by atoms with Crippen molar-refractivity contribution in [2.75, 3.05) is 31.2 Å². The third kappa shape index (κ3) is 5.32. The minimum Gasteiger partial charge on any atom is -0.493 e. The van der Waals surface area contributed by atoms with E-state index in [2.05, 4.69) is 30.0 Å². The van der Waals surface area contributed by atoms with Crippen LogP contribution in [0.15, 0.2) is 48.5 Å². The first kappa shape index (κ1) is 26.8. The van der Waals surface area contributed by atoms with E-state index in [1.54, 1.807) is 0 Å². The molecular formula is C32H35ClN4O3. The van der Waals surface area contributed by atoms with Crippen LogP contribution in [0.4, 0.5) is 5.82 Å². The molecule has 2 aromatic carbocycles. The van der Waals surface area contributed by atoms with Crippen LogP contribution in [0.1, 0.15) is 50.3 Å². The Labute approximate surface area is 240 Å². The summed E-state index contributed by atoms with van der Waals surface area (Å²) in [6, 6.07) is 16.2. The fraction of sp³-hybridized carbons (Fsp3) is 0.406. The zero-order valence-corrected chi connectivity index (χ0v) is 23.9. The molecule has 1 saturated heterocycles. The Hall–Kier alpha value is -3.42. The van der Waals surface area contributed by atoms with E-state index in [1.165, 1.54) is 0 Å². The van der Waals surface area contributed by atoms with Crippen molar-refractivity contribution in [3.8, 4) is 28.1 Å². The SMILES string of the molecule is Cc1nc2cc3nn2c(c1CC=O)N1CCC(C)(CC1)OCCCCCOc1cc(Cl)ccc1-c1cccc-3c1. The van der Waals surface area contributed by atoms with Gasteiger partial charge in [0.2, 0.25) is 0 Å². The lowest BCUT2D eigenvalue weighted by atomic mass is 9.93. The highest BCUT2D eigenvalue weighted by Gasteiger charge is 2.33. The normalized spacial score (nSPS) is 17.4. The van der Waals surface area contributed by atoms with Crippen LogP contribution < -0.4 is 9.64 Å². The van der Waals surface area contributed by atoms with Gasteiger partial charge in [0.15, 0.2) is 5.65 Å². The highest BCUT2D eigenvalue weighted by molar-refractivity contribution is 6.30. The number of piperidine rings is 1. The van der Waals surface area contributed by atoms with E-state index >= 15 is 0 Å². The molecule has 4 aromatic rings. The van der Waals surface area contributed by atoms with E-state index in [0.717, 1.165) is 109 Å². The van der Waals surface area contributed by atoms with Crippen LogP contribution in [0.5, 0.6) is 5.75 Å². The monoisotopic (exact) mass is 558 g/mol.